The molecule has 0 saturated heterocycles. The van der Waals surface area contributed by atoms with Crippen molar-refractivity contribution in [3.8, 4) is 0 Å². The molecule has 1 aromatic carbocycles. The lowest BCUT2D eigenvalue weighted by molar-refractivity contribution is -0.130. The molecule has 0 aliphatic heterocycles. The smallest absolute Gasteiger partial charge is 0.242 e. The lowest BCUT2D eigenvalue weighted by Crippen LogP contribution is -2.44. The third-order valence-electron chi connectivity index (χ3n) is 3.83. The Labute approximate surface area is 169 Å². The van der Waals surface area contributed by atoms with Crippen LogP contribution in [0.5, 0.6) is 0 Å². The molecule has 0 radical (unpaired) electrons. The van der Waals surface area contributed by atoms with Crippen molar-refractivity contribution in [1.82, 2.24) is 15.5 Å². The fraction of sp³-hybridized carbons (Fsp3) is 0.579. The molecule has 0 aromatic heterocycles. The van der Waals surface area contributed by atoms with Gasteiger partial charge in [-0.3, -0.25) is 9.79 Å². The number of amides is 1. The van der Waals surface area contributed by atoms with Crippen molar-refractivity contribution in [3.05, 3.63) is 35.9 Å². The molecule has 5 nitrogen and oxygen atoms in total. The molecule has 0 aliphatic rings. The summed E-state index contributed by atoms with van der Waals surface area (Å²) in [6, 6.07) is 10.1. The summed E-state index contributed by atoms with van der Waals surface area (Å²) in [4.78, 5) is 18.4. The van der Waals surface area contributed by atoms with E-state index >= 15 is 0 Å². The number of carbonyl (C=O) groups is 1. The van der Waals surface area contributed by atoms with Gasteiger partial charge in [-0.2, -0.15) is 0 Å². The zero-order valence-corrected chi connectivity index (χ0v) is 18.2. The van der Waals surface area contributed by atoms with Crippen molar-refractivity contribution in [2.75, 3.05) is 26.7 Å². The van der Waals surface area contributed by atoms with Crippen LogP contribution in [0.2, 0.25) is 0 Å². The first-order valence-corrected chi connectivity index (χ1v) is 8.83. The van der Waals surface area contributed by atoms with Gasteiger partial charge in [0.15, 0.2) is 5.96 Å². The molecule has 0 spiro atoms. The van der Waals surface area contributed by atoms with Gasteiger partial charge in [0, 0.05) is 26.7 Å². The molecular formula is C19H33IN4O. The predicted molar refractivity (Wildman–Crippen MR) is 116 cm³/mol. The summed E-state index contributed by atoms with van der Waals surface area (Å²) < 4.78 is 0. The molecule has 6 heteroatoms. The summed E-state index contributed by atoms with van der Waals surface area (Å²) in [5.74, 6) is 1.47. The van der Waals surface area contributed by atoms with Crippen LogP contribution in [-0.2, 0) is 11.3 Å². The molecule has 1 amide bonds. The second-order valence-corrected chi connectivity index (χ2v) is 6.28. The number of nitrogens with one attached hydrogen (secondary N) is 2. The standard InChI is InChI=1S/C19H32N4O.HI/c1-5-23(15-17-11-7-6-8-12-17)18(24)14-22-19(20-4)21-13-9-10-16(2)3;/h6-8,11-12,16H,5,9-10,13-15H2,1-4H3,(H2,20,21,22);1H. The molecule has 0 unspecified atom stereocenters. The monoisotopic (exact) mass is 460 g/mol. The molecule has 0 heterocycles. The first-order chi connectivity index (χ1) is 11.6. The lowest BCUT2D eigenvalue weighted by Gasteiger charge is -2.22. The highest BCUT2D eigenvalue weighted by Gasteiger charge is 2.12. The number of hydrogen-bond donors (Lipinski definition) is 2. The van der Waals surface area contributed by atoms with Gasteiger partial charge in [0.25, 0.3) is 0 Å². The predicted octanol–water partition coefficient (Wildman–Crippen LogP) is 3.25. The summed E-state index contributed by atoms with van der Waals surface area (Å²) >= 11 is 0. The lowest BCUT2D eigenvalue weighted by atomic mass is 10.1. The second-order valence-electron chi connectivity index (χ2n) is 6.28. The van der Waals surface area contributed by atoms with Gasteiger partial charge in [-0.15, -0.1) is 24.0 Å². The van der Waals surface area contributed by atoms with Gasteiger partial charge in [-0.1, -0.05) is 44.2 Å². The van der Waals surface area contributed by atoms with Crippen molar-refractivity contribution < 1.29 is 4.79 Å². The van der Waals surface area contributed by atoms with Gasteiger partial charge in [-0.05, 0) is 31.2 Å². The zero-order valence-electron chi connectivity index (χ0n) is 15.9. The van der Waals surface area contributed by atoms with Crippen LogP contribution in [0.3, 0.4) is 0 Å². The van der Waals surface area contributed by atoms with E-state index in [2.05, 4.69) is 29.5 Å². The van der Waals surface area contributed by atoms with Crippen LogP contribution in [0.15, 0.2) is 35.3 Å². The van der Waals surface area contributed by atoms with E-state index in [0.717, 1.165) is 18.5 Å². The second kappa shape index (κ2) is 13.9. The first-order valence-electron chi connectivity index (χ1n) is 8.83. The molecule has 0 bridgehead atoms. The minimum Gasteiger partial charge on any atom is -0.356 e. The van der Waals surface area contributed by atoms with Crippen molar-refractivity contribution in [2.24, 2.45) is 10.9 Å². The maximum absolute atomic E-state index is 12.4. The highest BCUT2D eigenvalue weighted by atomic mass is 127. The van der Waals surface area contributed by atoms with Gasteiger partial charge < -0.3 is 15.5 Å². The highest BCUT2D eigenvalue weighted by molar-refractivity contribution is 14.0. The summed E-state index contributed by atoms with van der Waals surface area (Å²) in [6.45, 7) is 8.89. The van der Waals surface area contributed by atoms with Crippen LogP contribution >= 0.6 is 24.0 Å². The van der Waals surface area contributed by atoms with Crippen LogP contribution in [-0.4, -0.2) is 43.4 Å². The van der Waals surface area contributed by atoms with E-state index in [9.17, 15) is 4.79 Å². The third-order valence-corrected chi connectivity index (χ3v) is 3.83. The average molecular weight is 460 g/mol. The SMILES string of the molecule is CCN(Cc1ccccc1)C(=O)CNC(=NC)NCCCC(C)C.I. The molecule has 25 heavy (non-hydrogen) atoms. The van der Waals surface area contributed by atoms with Crippen molar-refractivity contribution in [1.29, 1.82) is 0 Å². The largest absolute Gasteiger partial charge is 0.356 e. The quantitative estimate of drug-likeness (QED) is 0.258. The van der Waals surface area contributed by atoms with Crippen molar-refractivity contribution in [2.45, 2.75) is 40.2 Å². The van der Waals surface area contributed by atoms with Gasteiger partial charge in [0.1, 0.15) is 0 Å². The molecular weight excluding hydrogens is 427 g/mol. The number of carbonyl (C=O) groups excluding carboxylic acids is 1. The molecule has 0 atom stereocenters. The number of rotatable bonds is 9. The molecule has 0 saturated carbocycles. The van der Waals surface area contributed by atoms with E-state index in [0.29, 0.717) is 25.0 Å². The topological polar surface area (TPSA) is 56.7 Å². The molecule has 2 N–H and O–H groups in total. The average Bonchev–Trinajstić information content (AvgIpc) is 2.59. The molecule has 1 aromatic rings. The Morgan fingerprint density at radius 3 is 2.44 bits per heavy atom. The summed E-state index contributed by atoms with van der Waals surface area (Å²) in [5, 5.41) is 6.36. The minimum absolute atomic E-state index is 0. The van der Waals surface area contributed by atoms with Crippen molar-refractivity contribution >= 4 is 35.8 Å². The number of benzene rings is 1. The number of aliphatic imine (C=N–C) groups is 1. The van der Waals surface area contributed by atoms with Gasteiger partial charge in [0.2, 0.25) is 5.91 Å². The fourth-order valence-electron chi connectivity index (χ4n) is 2.39. The number of hydrogen-bond acceptors (Lipinski definition) is 2. The van der Waals surface area contributed by atoms with Crippen LogP contribution in [0.4, 0.5) is 0 Å². The number of guanidine groups is 1. The van der Waals surface area contributed by atoms with E-state index in [1.165, 1.54) is 6.42 Å². The normalized spacial score (nSPS) is 11.0. The van der Waals surface area contributed by atoms with Gasteiger partial charge >= 0.3 is 0 Å². The van der Waals surface area contributed by atoms with Crippen LogP contribution in [0.25, 0.3) is 0 Å². The van der Waals surface area contributed by atoms with E-state index in [1.807, 2.05) is 42.2 Å². The maximum Gasteiger partial charge on any atom is 0.242 e. The van der Waals surface area contributed by atoms with Gasteiger partial charge in [0.05, 0.1) is 6.54 Å². The summed E-state index contributed by atoms with van der Waals surface area (Å²) in [7, 11) is 1.73. The minimum atomic E-state index is 0. The fourth-order valence-corrected chi connectivity index (χ4v) is 2.39. The zero-order chi connectivity index (χ0) is 17.8. The van der Waals surface area contributed by atoms with Crippen molar-refractivity contribution in [3.63, 3.8) is 0 Å². The Balaban J connectivity index is 0.00000576. The van der Waals surface area contributed by atoms with E-state index < -0.39 is 0 Å². The number of nitrogens with zero attached hydrogens (tertiary/aromatic N) is 2. The van der Waals surface area contributed by atoms with Crippen LogP contribution in [0, 0.1) is 5.92 Å². The van der Waals surface area contributed by atoms with Crippen LogP contribution < -0.4 is 10.6 Å². The summed E-state index contributed by atoms with van der Waals surface area (Å²) in [5.41, 5.74) is 1.14. The van der Waals surface area contributed by atoms with E-state index in [-0.39, 0.29) is 36.4 Å². The van der Waals surface area contributed by atoms with Crippen LogP contribution in [0.1, 0.15) is 39.2 Å². The van der Waals surface area contributed by atoms with E-state index in [4.69, 9.17) is 0 Å². The molecule has 0 fully saturated rings. The summed E-state index contributed by atoms with van der Waals surface area (Å²) in [6.07, 6.45) is 2.28. The Morgan fingerprint density at radius 1 is 1.20 bits per heavy atom. The third kappa shape index (κ3) is 10.3. The first kappa shape index (κ1) is 23.7. The number of likely N-dealkylation sites (N-methyl/N-ethyl adjacent to an activating group) is 1. The Hall–Kier alpha value is -1.31. The molecule has 0 aliphatic carbocycles. The van der Waals surface area contributed by atoms with Gasteiger partial charge in [-0.25, -0.2) is 0 Å². The van der Waals surface area contributed by atoms with E-state index in [1.54, 1.807) is 7.05 Å². The number of halogens is 1. The molecule has 142 valence electrons. The Morgan fingerprint density at radius 2 is 1.88 bits per heavy atom. The molecule has 1 rings (SSSR count). The Kier molecular flexibility index (Phi) is 13.2. The Bertz CT molecular complexity index is 505. The highest BCUT2D eigenvalue weighted by Crippen LogP contribution is 2.04. The maximum atomic E-state index is 12.4.